The summed E-state index contributed by atoms with van der Waals surface area (Å²) in [5.41, 5.74) is 0.768. The monoisotopic (exact) mass is 314 g/mol. The molecule has 4 nitrogen and oxygen atoms in total. The van der Waals surface area contributed by atoms with Gasteiger partial charge in [-0.15, -0.1) is 0 Å². The lowest BCUT2D eigenvalue weighted by molar-refractivity contribution is -0.140. The van der Waals surface area contributed by atoms with E-state index in [-0.39, 0.29) is 35.5 Å². The Morgan fingerprint density at radius 3 is 2.27 bits per heavy atom. The summed E-state index contributed by atoms with van der Waals surface area (Å²) in [6, 6.07) is 7.15. The fourth-order valence-electron chi connectivity index (χ4n) is 3.88. The number of nitrogens with zero attached hydrogens (tertiary/aromatic N) is 2. The molecule has 22 heavy (non-hydrogen) atoms. The third kappa shape index (κ3) is 2.02. The second-order valence-electron chi connectivity index (χ2n) is 6.13. The van der Waals surface area contributed by atoms with Crippen LogP contribution in [0, 0.1) is 23.7 Å². The van der Waals surface area contributed by atoms with E-state index in [4.69, 9.17) is 11.6 Å². The predicted octanol–water partition coefficient (Wildman–Crippen LogP) is 2.87. The van der Waals surface area contributed by atoms with Gasteiger partial charge >= 0.3 is 0 Å². The van der Waals surface area contributed by atoms with E-state index in [0.717, 1.165) is 23.4 Å². The Balaban J connectivity index is 1.61. The molecule has 1 aromatic rings. The Kier molecular flexibility index (Phi) is 3.15. The van der Waals surface area contributed by atoms with Gasteiger partial charge in [0.2, 0.25) is 0 Å². The Labute approximate surface area is 133 Å². The Hall–Kier alpha value is -1.94. The molecule has 3 aliphatic carbocycles. The molecule has 112 valence electrons. The third-order valence-corrected chi connectivity index (χ3v) is 5.14. The zero-order valence-corrected chi connectivity index (χ0v) is 12.6. The maximum absolute atomic E-state index is 12.6. The topological polar surface area (TPSA) is 49.7 Å². The number of rotatable bonds is 2. The highest BCUT2D eigenvalue weighted by molar-refractivity contribution is 6.30. The molecule has 2 amide bonds. The van der Waals surface area contributed by atoms with Gasteiger partial charge in [-0.2, -0.15) is 10.1 Å². The summed E-state index contributed by atoms with van der Waals surface area (Å²) in [5, 5.41) is 5.80. The molecule has 4 aliphatic rings. The molecule has 1 aliphatic heterocycles. The lowest BCUT2D eigenvalue weighted by Crippen LogP contribution is -2.38. The van der Waals surface area contributed by atoms with E-state index in [1.165, 1.54) is 6.21 Å². The number of halogens is 1. The molecule has 1 saturated heterocycles. The zero-order valence-electron chi connectivity index (χ0n) is 11.9. The van der Waals surface area contributed by atoms with Crippen LogP contribution in [0.3, 0.4) is 0 Å². The van der Waals surface area contributed by atoms with Crippen molar-refractivity contribution >= 4 is 29.6 Å². The van der Waals surface area contributed by atoms with Crippen LogP contribution < -0.4 is 0 Å². The highest BCUT2D eigenvalue weighted by atomic mass is 35.5. The summed E-state index contributed by atoms with van der Waals surface area (Å²) in [7, 11) is 0. The van der Waals surface area contributed by atoms with Crippen LogP contribution in [0.5, 0.6) is 0 Å². The molecule has 0 aromatic heterocycles. The zero-order chi connectivity index (χ0) is 15.3. The van der Waals surface area contributed by atoms with Crippen molar-refractivity contribution in [3.05, 3.63) is 47.0 Å². The highest BCUT2D eigenvalue weighted by Gasteiger charge is 2.56. The molecule has 0 radical (unpaired) electrons. The molecule has 5 heteroatoms. The van der Waals surface area contributed by atoms with Crippen LogP contribution in [0.1, 0.15) is 18.4 Å². The number of carbonyl (C=O) groups excluding carboxylic acids is 2. The van der Waals surface area contributed by atoms with Crippen molar-refractivity contribution in [3.8, 4) is 0 Å². The molecule has 1 saturated carbocycles. The van der Waals surface area contributed by atoms with Crippen molar-refractivity contribution in [2.45, 2.75) is 12.8 Å². The number of carbonyl (C=O) groups is 2. The normalized spacial score (nSPS) is 33.0. The molecule has 0 spiro atoms. The van der Waals surface area contributed by atoms with Crippen LogP contribution in [0.25, 0.3) is 0 Å². The second kappa shape index (κ2) is 5.06. The summed E-state index contributed by atoms with van der Waals surface area (Å²) in [4.78, 5) is 25.1. The van der Waals surface area contributed by atoms with Gasteiger partial charge in [-0.3, -0.25) is 9.59 Å². The number of hydrogen-bond donors (Lipinski definition) is 0. The van der Waals surface area contributed by atoms with Gasteiger partial charge in [0, 0.05) is 5.02 Å². The number of fused-ring (bicyclic) bond motifs is 1. The van der Waals surface area contributed by atoms with E-state index in [1.807, 2.05) is 6.07 Å². The van der Waals surface area contributed by atoms with E-state index in [2.05, 4.69) is 17.3 Å². The summed E-state index contributed by atoms with van der Waals surface area (Å²) < 4.78 is 0. The minimum atomic E-state index is -0.215. The standard InChI is InChI=1S/C17H15ClN2O2/c18-13-3-1-2-10(8-13)9-19-20-16(21)14-11-4-5-12(7-6-11)15(14)17(20)22/h1-5,8-9,11-12,14-15H,6-7H2/b19-9-/t11-,12-,14-,15+/m0/s1. The predicted molar refractivity (Wildman–Crippen MR) is 83.2 cm³/mol. The minimum Gasteiger partial charge on any atom is -0.272 e. The summed E-state index contributed by atoms with van der Waals surface area (Å²) in [5.74, 6) is -0.365. The Bertz CT molecular complexity index is 680. The van der Waals surface area contributed by atoms with E-state index >= 15 is 0 Å². The van der Waals surface area contributed by atoms with Crippen LogP contribution in [-0.4, -0.2) is 23.0 Å². The summed E-state index contributed by atoms with van der Waals surface area (Å²) in [6.07, 6.45) is 7.71. The number of imide groups is 1. The number of allylic oxidation sites excluding steroid dienone is 2. The lowest BCUT2D eigenvalue weighted by Gasteiger charge is -2.37. The summed E-state index contributed by atoms with van der Waals surface area (Å²) in [6.45, 7) is 0. The Morgan fingerprint density at radius 1 is 1.09 bits per heavy atom. The van der Waals surface area contributed by atoms with Crippen LogP contribution >= 0.6 is 11.6 Å². The van der Waals surface area contributed by atoms with Gasteiger partial charge in [-0.25, -0.2) is 0 Å². The summed E-state index contributed by atoms with van der Waals surface area (Å²) >= 11 is 5.93. The molecule has 0 unspecified atom stereocenters. The largest absolute Gasteiger partial charge is 0.272 e. The highest BCUT2D eigenvalue weighted by Crippen LogP contribution is 2.49. The lowest BCUT2D eigenvalue weighted by atomic mass is 9.63. The molecular weight excluding hydrogens is 300 g/mol. The van der Waals surface area contributed by atoms with E-state index in [9.17, 15) is 9.59 Å². The maximum Gasteiger partial charge on any atom is 0.254 e. The van der Waals surface area contributed by atoms with Gasteiger partial charge in [-0.05, 0) is 42.4 Å². The van der Waals surface area contributed by atoms with Crippen LogP contribution in [0.15, 0.2) is 41.5 Å². The molecule has 1 aromatic carbocycles. The first-order valence-corrected chi connectivity index (χ1v) is 7.88. The molecule has 2 bridgehead atoms. The van der Waals surface area contributed by atoms with Crippen molar-refractivity contribution in [2.24, 2.45) is 28.8 Å². The number of hydrogen-bond acceptors (Lipinski definition) is 3. The van der Waals surface area contributed by atoms with Crippen LogP contribution in [0.4, 0.5) is 0 Å². The fourth-order valence-corrected chi connectivity index (χ4v) is 4.08. The molecule has 2 fully saturated rings. The van der Waals surface area contributed by atoms with Gasteiger partial charge in [0.15, 0.2) is 0 Å². The van der Waals surface area contributed by atoms with Crippen LogP contribution in [0.2, 0.25) is 5.02 Å². The quantitative estimate of drug-likeness (QED) is 0.479. The molecule has 5 rings (SSSR count). The maximum atomic E-state index is 12.6. The number of amides is 2. The van der Waals surface area contributed by atoms with Gasteiger partial charge in [0.05, 0.1) is 18.1 Å². The SMILES string of the molecule is O=C1[C@@H]2[C@H](C(=O)N1/N=C\c1cccc(Cl)c1)[C@H]1C=C[C@H]2CC1. The van der Waals surface area contributed by atoms with E-state index < -0.39 is 0 Å². The van der Waals surface area contributed by atoms with Gasteiger partial charge in [-0.1, -0.05) is 35.9 Å². The molecule has 1 heterocycles. The first kappa shape index (κ1) is 13.7. The van der Waals surface area contributed by atoms with Crippen molar-refractivity contribution in [1.82, 2.24) is 5.01 Å². The fraction of sp³-hybridized carbons (Fsp3) is 0.353. The first-order chi connectivity index (χ1) is 10.6. The van der Waals surface area contributed by atoms with E-state index in [0.29, 0.717) is 5.02 Å². The van der Waals surface area contributed by atoms with Crippen molar-refractivity contribution in [1.29, 1.82) is 0 Å². The van der Waals surface area contributed by atoms with Crippen molar-refractivity contribution < 1.29 is 9.59 Å². The van der Waals surface area contributed by atoms with Gasteiger partial charge in [0.25, 0.3) is 11.8 Å². The average molecular weight is 315 g/mol. The van der Waals surface area contributed by atoms with Crippen molar-refractivity contribution in [3.63, 3.8) is 0 Å². The minimum absolute atomic E-state index is 0.160. The average Bonchev–Trinajstić information content (AvgIpc) is 2.80. The van der Waals surface area contributed by atoms with Gasteiger partial charge in [0.1, 0.15) is 0 Å². The number of hydrazone groups is 1. The molecule has 0 N–H and O–H groups in total. The second-order valence-corrected chi connectivity index (χ2v) is 6.57. The van der Waals surface area contributed by atoms with Gasteiger partial charge < -0.3 is 0 Å². The van der Waals surface area contributed by atoms with Crippen molar-refractivity contribution in [2.75, 3.05) is 0 Å². The first-order valence-electron chi connectivity index (χ1n) is 7.51. The van der Waals surface area contributed by atoms with E-state index in [1.54, 1.807) is 18.2 Å². The van der Waals surface area contributed by atoms with Crippen LogP contribution in [-0.2, 0) is 9.59 Å². The molecule has 4 atom stereocenters. The number of benzene rings is 1. The third-order valence-electron chi connectivity index (χ3n) is 4.91. The Morgan fingerprint density at radius 2 is 1.73 bits per heavy atom. The molecular formula is C17H15ClN2O2. The smallest absolute Gasteiger partial charge is 0.254 e.